The average molecular weight is 319 g/mol. The highest BCUT2D eigenvalue weighted by molar-refractivity contribution is 7.59. The Hall–Kier alpha value is -1.32. The minimum atomic E-state index is -2.96. The van der Waals surface area contributed by atoms with E-state index in [4.69, 9.17) is 5.53 Å². The molecule has 118 valence electrons. The van der Waals surface area contributed by atoms with Gasteiger partial charge in [0.15, 0.2) is 0 Å². The first kappa shape index (κ1) is 15.6. The minimum absolute atomic E-state index is 0.296. The standard InChI is InChI=1S/C15H22N5OP/c1-19-13-10-6-7-11-14(13)20(2)22(19,21)15(17-18-16)12-8-4-3-5-9-12/h3-5,8-9,13-15H,6-7,10-11H2,1-2H3/t13-,14-,15-/m1/s1. The predicted molar refractivity (Wildman–Crippen MR) is 87.5 cm³/mol. The van der Waals surface area contributed by atoms with Gasteiger partial charge >= 0.3 is 0 Å². The summed E-state index contributed by atoms with van der Waals surface area (Å²) in [5, 5.41) is 3.94. The molecule has 22 heavy (non-hydrogen) atoms. The van der Waals surface area contributed by atoms with Gasteiger partial charge in [-0.05, 0) is 38.0 Å². The van der Waals surface area contributed by atoms with E-state index in [0.717, 1.165) is 18.4 Å². The van der Waals surface area contributed by atoms with E-state index in [0.29, 0.717) is 12.1 Å². The molecule has 0 unspecified atom stereocenters. The van der Waals surface area contributed by atoms with Crippen molar-refractivity contribution in [2.24, 2.45) is 5.11 Å². The molecule has 3 atom stereocenters. The van der Waals surface area contributed by atoms with Crippen molar-refractivity contribution in [1.29, 1.82) is 0 Å². The van der Waals surface area contributed by atoms with E-state index in [1.807, 2.05) is 53.8 Å². The molecule has 6 nitrogen and oxygen atoms in total. The molecule has 7 heteroatoms. The summed E-state index contributed by atoms with van der Waals surface area (Å²) in [7, 11) is 0.894. The second-order valence-corrected chi connectivity index (χ2v) is 9.07. The second-order valence-electron chi connectivity index (χ2n) is 6.14. The normalized spacial score (nSPS) is 29.5. The zero-order chi connectivity index (χ0) is 15.7. The van der Waals surface area contributed by atoms with Crippen LogP contribution in [0.25, 0.3) is 10.4 Å². The topological polar surface area (TPSA) is 72.3 Å². The minimum Gasteiger partial charge on any atom is -0.288 e. The quantitative estimate of drug-likeness (QED) is 0.359. The summed E-state index contributed by atoms with van der Waals surface area (Å²) >= 11 is 0. The zero-order valence-corrected chi connectivity index (χ0v) is 13.9. The Bertz CT molecular complexity index is 608. The Kier molecular flexibility index (Phi) is 4.28. The van der Waals surface area contributed by atoms with E-state index in [2.05, 4.69) is 10.0 Å². The molecule has 3 rings (SSSR count). The smallest absolute Gasteiger partial charge is 0.229 e. The molecule has 1 saturated heterocycles. The molecule has 0 N–H and O–H groups in total. The number of nitrogens with zero attached hydrogens (tertiary/aromatic N) is 5. The highest BCUT2D eigenvalue weighted by Gasteiger charge is 2.55. The summed E-state index contributed by atoms with van der Waals surface area (Å²) < 4.78 is 17.9. The van der Waals surface area contributed by atoms with E-state index < -0.39 is 13.2 Å². The van der Waals surface area contributed by atoms with Gasteiger partial charge in [-0.1, -0.05) is 48.3 Å². The van der Waals surface area contributed by atoms with Gasteiger partial charge in [-0.3, -0.25) is 4.57 Å². The Labute approximate surface area is 131 Å². The van der Waals surface area contributed by atoms with Crippen LogP contribution in [0.2, 0.25) is 0 Å². The Morgan fingerprint density at radius 3 is 2.23 bits per heavy atom. The zero-order valence-electron chi connectivity index (χ0n) is 13.0. The highest BCUT2D eigenvalue weighted by Crippen LogP contribution is 2.70. The molecule has 1 saturated carbocycles. The number of azide groups is 1. The van der Waals surface area contributed by atoms with Crippen molar-refractivity contribution in [3.8, 4) is 0 Å². The molecule has 1 aliphatic heterocycles. The average Bonchev–Trinajstić information content (AvgIpc) is 2.76. The van der Waals surface area contributed by atoms with E-state index in [1.165, 1.54) is 12.8 Å². The van der Waals surface area contributed by atoms with Gasteiger partial charge in [-0.25, -0.2) is 9.34 Å². The maximum absolute atomic E-state index is 13.9. The van der Waals surface area contributed by atoms with Gasteiger partial charge < -0.3 is 0 Å². The van der Waals surface area contributed by atoms with Gasteiger partial charge in [-0.2, -0.15) is 0 Å². The maximum Gasteiger partial charge on any atom is 0.229 e. The SMILES string of the molecule is CN1[C@@H]2CCCC[C@H]2N(C)P1(=O)[C@@H](N=[N+]=[N-])c1ccccc1. The predicted octanol–water partition coefficient (Wildman–Crippen LogP) is 4.38. The van der Waals surface area contributed by atoms with E-state index in [1.54, 1.807) is 0 Å². The molecule has 1 aromatic carbocycles. The van der Waals surface area contributed by atoms with Crippen LogP contribution >= 0.6 is 7.44 Å². The summed E-state index contributed by atoms with van der Waals surface area (Å²) in [5.41, 5.74) is 9.82. The molecule has 0 amide bonds. The van der Waals surface area contributed by atoms with Crippen LogP contribution in [0.15, 0.2) is 35.4 Å². The Balaban J connectivity index is 2.06. The van der Waals surface area contributed by atoms with Crippen molar-refractivity contribution in [3.63, 3.8) is 0 Å². The number of rotatable bonds is 3. The molecular weight excluding hydrogens is 297 g/mol. The fourth-order valence-corrected chi connectivity index (χ4v) is 7.22. The fourth-order valence-electron chi connectivity index (χ4n) is 3.96. The number of fused-ring (bicyclic) bond motifs is 1. The lowest BCUT2D eigenvalue weighted by Gasteiger charge is -2.32. The number of benzene rings is 1. The van der Waals surface area contributed by atoms with Crippen molar-refractivity contribution in [3.05, 3.63) is 46.3 Å². The lowest BCUT2D eigenvalue weighted by molar-refractivity contribution is 0.233. The monoisotopic (exact) mass is 319 g/mol. The van der Waals surface area contributed by atoms with Crippen LogP contribution in [0.1, 0.15) is 37.0 Å². The molecule has 0 spiro atoms. The molecule has 1 heterocycles. The number of likely N-dealkylation sites (N-methyl/N-ethyl adjacent to an activating group) is 2. The molecule has 2 fully saturated rings. The van der Waals surface area contributed by atoms with Crippen LogP contribution in [0.5, 0.6) is 0 Å². The Morgan fingerprint density at radius 2 is 1.73 bits per heavy atom. The largest absolute Gasteiger partial charge is 0.288 e. The van der Waals surface area contributed by atoms with Gasteiger partial charge in [-0.15, -0.1) is 0 Å². The van der Waals surface area contributed by atoms with Gasteiger partial charge in [0.25, 0.3) is 0 Å². The van der Waals surface area contributed by atoms with Crippen molar-refractivity contribution in [1.82, 2.24) is 9.34 Å². The second kappa shape index (κ2) is 6.05. The highest BCUT2D eigenvalue weighted by atomic mass is 31.2. The van der Waals surface area contributed by atoms with E-state index in [-0.39, 0.29) is 0 Å². The summed E-state index contributed by atoms with van der Waals surface area (Å²) in [4.78, 5) is 2.99. The molecule has 1 aromatic rings. The molecule has 0 radical (unpaired) electrons. The van der Waals surface area contributed by atoms with Crippen LogP contribution in [-0.4, -0.2) is 35.5 Å². The van der Waals surface area contributed by atoms with Crippen molar-refractivity contribution < 1.29 is 4.57 Å². The summed E-state index contributed by atoms with van der Waals surface area (Å²) in [6.45, 7) is 0. The summed E-state index contributed by atoms with van der Waals surface area (Å²) in [6, 6.07) is 10.1. The summed E-state index contributed by atoms with van der Waals surface area (Å²) in [5.74, 6) is -0.653. The first-order valence-electron chi connectivity index (χ1n) is 7.76. The maximum atomic E-state index is 13.9. The molecule has 1 aliphatic carbocycles. The molecular formula is C15H22N5OP. The van der Waals surface area contributed by atoms with E-state index in [9.17, 15) is 4.57 Å². The summed E-state index contributed by atoms with van der Waals surface area (Å²) in [6.07, 6.45) is 4.48. The fraction of sp³-hybridized carbons (Fsp3) is 0.600. The van der Waals surface area contributed by atoms with Crippen molar-refractivity contribution in [2.45, 2.75) is 43.5 Å². The van der Waals surface area contributed by atoms with Crippen LogP contribution in [-0.2, 0) is 4.57 Å². The van der Waals surface area contributed by atoms with Gasteiger partial charge in [0.05, 0.1) is 0 Å². The van der Waals surface area contributed by atoms with Crippen LogP contribution in [0.3, 0.4) is 0 Å². The number of hydrogen-bond donors (Lipinski definition) is 0. The van der Waals surface area contributed by atoms with Crippen LogP contribution in [0, 0.1) is 0 Å². The number of hydrogen-bond acceptors (Lipinski definition) is 2. The third kappa shape index (κ3) is 2.27. The lowest BCUT2D eigenvalue weighted by Crippen LogP contribution is -2.37. The van der Waals surface area contributed by atoms with Gasteiger partial charge in [0.2, 0.25) is 7.44 Å². The third-order valence-electron chi connectivity index (χ3n) is 5.14. The Morgan fingerprint density at radius 1 is 1.18 bits per heavy atom. The van der Waals surface area contributed by atoms with Gasteiger partial charge in [0.1, 0.15) is 5.78 Å². The van der Waals surface area contributed by atoms with Crippen molar-refractivity contribution >= 4 is 7.44 Å². The third-order valence-corrected chi connectivity index (χ3v) is 8.58. The first-order chi connectivity index (χ1) is 10.6. The lowest BCUT2D eigenvalue weighted by atomic mass is 9.91. The van der Waals surface area contributed by atoms with Crippen LogP contribution < -0.4 is 0 Å². The van der Waals surface area contributed by atoms with Crippen LogP contribution in [0.4, 0.5) is 0 Å². The van der Waals surface area contributed by atoms with Gasteiger partial charge in [0, 0.05) is 17.0 Å². The van der Waals surface area contributed by atoms with Crippen molar-refractivity contribution in [2.75, 3.05) is 14.1 Å². The first-order valence-corrected chi connectivity index (χ1v) is 9.44. The molecule has 0 aromatic heterocycles. The molecule has 2 aliphatic rings. The molecule has 0 bridgehead atoms. The van der Waals surface area contributed by atoms with E-state index >= 15 is 0 Å².